The first-order chi connectivity index (χ1) is 5.70. The summed E-state index contributed by atoms with van der Waals surface area (Å²) in [4.78, 5) is 21.1. The van der Waals surface area contributed by atoms with Gasteiger partial charge in [-0.15, -0.1) is 0 Å². The Kier molecular flexibility index (Phi) is 2.65. The molecule has 0 bridgehead atoms. The number of amides is 1. The fourth-order valence-corrected chi connectivity index (χ4v) is 1.25. The Hall–Kier alpha value is -1.09. The second-order valence-corrected chi connectivity index (χ2v) is 2.58. The molecule has 0 aliphatic carbocycles. The van der Waals surface area contributed by atoms with E-state index >= 15 is 0 Å². The number of rotatable bonds is 1. The Morgan fingerprint density at radius 2 is 2.50 bits per heavy atom. The normalized spacial score (nSPS) is 25.9. The molecule has 0 aromatic carbocycles. The summed E-state index contributed by atoms with van der Waals surface area (Å²) in [6, 6.07) is -0.743. The van der Waals surface area contributed by atoms with Crippen LogP contribution in [0.3, 0.4) is 0 Å². The molecule has 3 N–H and O–H groups in total. The molecule has 1 amide bonds. The van der Waals surface area contributed by atoms with Crippen molar-refractivity contribution in [2.24, 2.45) is 5.73 Å². The molecule has 0 spiro atoms. The van der Waals surface area contributed by atoms with Crippen LogP contribution in [0, 0.1) is 0 Å². The molecule has 12 heavy (non-hydrogen) atoms. The van der Waals surface area contributed by atoms with Crippen molar-refractivity contribution in [2.45, 2.75) is 6.04 Å². The van der Waals surface area contributed by atoms with Gasteiger partial charge in [0, 0.05) is 12.1 Å². The zero-order chi connectivity index (χ0) is 9.14. The smallest absolute Gasteiger partial charge is 0.239 e. The zero-order valence-corrected chi connectivity index (χ0v) is 6.89. The zero-order valence-electron chi connectivity index (χ0n) is 6.13. The van der Waals surface area contributed by atoms with Gasteiger partial charge in [0.25, 0.3) is 0 Å². The molecule has 1 atom stereocenters. The third-order valence-corrected chi connectivity index (χ3v) is 1.92. The Bertz CT molecular complexity index is 292. The van der Waals surface area contributed by atoms with Gasteiger partial charge in [-0.25, -0.2) is 4.79 Å². The lowest BCUT2D eigenvalue weighted by Crippen LogP contribution is -2.37. The molecule has 1 fully saturated rings. The van der Waals surface area contributed by atoms with E-state index in [4.69, 9.17) is 17.3 Å². The Morgan fingerprint density at radius 3 is 2.92 bits per heavy atom. The number of primary amides is 1. The minimum Gasteiger partial charge on any atom is -0.368 e. The highest BCUT2D eigenvalue weighted by Crippen LogP contribution is 2.18. The van der Waals surface area contributed by atoms with Crippen molar-refractivity contribution in [3.8, 4) is 0 Å². The lowest BCUT2D eigenvalue weighted by Gasteiger charge is -2.02. The van der Waals surface area contributed by atoms with Gasteiger partial charge < -0.3 is 5.73 Å². The van der Waals surface area contributed by atoms with Crippen molar-refractivity contribution < 1.29 is 9.59 Å². The standard InChI is InChI=1S/C7H7ClN2O2/c8-1-4-2-10-6(7(9)12)5(4)3-11/h1,6,10H,2H2,(H2,9,12). The van der Waals surface area contributed by atoms with Crippen LogP contribution in [-0.4, -0.2) is 24.4 Å². The topological polar surface area (TPSA) is 72.2 Å². The lowest BCUT2D eigenvalue weighted by atomic mass is 10.1. The van der Waals surface area contributed by atoms with E-state index in [0.29, 0.717) is 12.1 Å². The summed E-state index contributed by atoms with van der Waals surface area (Å²) in [7, 11) is 0. The van der Waals surface area contributed by atoms with E-state index in [-0.39, 0.29) is 5.57 Å². The fourth-order valence-electron chi connectivity index (χ4n) is 1.06. The molecule has 5 heteroatoms. The van der Waals surface area contributed by atoms with Crippen LogP contribution in [0.1, 0.15) is 0 Å². The molecule has 1 heterocycles. The summed E-state index contributed by atoms with van der Waals surface area (Å²) in [6.45, 7) is 0.377. The highest BCUT2D eigenvalue weighted by atomic mass is 35.5. The van der Waals surface area contributed by atoms with Crippen molar-refractivity contribution >= 4 is 23.4 Å². The first-order valence-corrected chi connectivity index (χ1v) is 3.71. The van der Waals surface area contributed by atoms with E-state index < -0.39 is 11.9 Å². The van der Waals surface area contributed by atoms with Gasteiger partial charge in [0.05, 0.1) is 5.57 Å². The summed E-state index contributed by atoms with van der Waals surface area (Å²) < 4.78 is 0. The fraction of sp³-hybridized carbons (Fsp3) is 0.286. The van der Waals surface area contributed by atoms with Crippen molar-refractivity contribution in [3.63, 3.8) is 0 Å². The van der Waals surface area contributed by atoms with E-state index in [1.165, 1.54) is 5.54 Å². The van der Waals surface area contributed by atoms with E-state index in [0.717, 1.165) is 0 Å². The van der Waals surface area contributed by atoms with Crippen LogP contribution in [0.4, 0.5) is 0 Å². The maximum Gasteiger partial charge on any atom is 0.239 e. The molecule has 0 aromatic rings. The van der Waals surface area contributed by atoms with Gasteiger partial charge in [-0.1, -0.05) is 11.6 Å². The molecule has 1 unspecified atom stereocenters. The molecule has 1 saturated heterocycles. The predicted molar refractivity (Wildman–Crippen MR) is 44.1 cm³/mol. The number of halogens is 1. The van der Waals surface area contributed by atoms with Gasteiger partial charge in [0.1, 0.15) is 12.0 Å². The minimum absolute atomic E-state index is 0.206. The lowest BCUT2D eigenvalue weighted by molar-refractivity contribution is -0.118. The molecule has 0 radical (unpaired) electrons. The molecule has 1 rings (SSSR count). The van der Waals surface area contributed by atoms with Crippen LogP contribution in [0.15, 0.2) is 16.7 Å². The van der Waals surface area contributed by atoms with Crippen molar-refractivity contribution in [1.29, 1.82) is 0 Å². The monoisotopic (exact) mass is 186 g/mol. The number of carbonyl (C=O) groups is 1. The second kappa shape index (κ2) is 3.54. The van der Waals surface area contributed by atoms with Crippen LogP contribution in [0.5, 0.6) is 0 Å². The van der Waals surface area contributed by atoms with E-state index in [9.17, 15) is 9.59 Å². The van der Waals surface area contributed by atoms with Gasteiger partial charge in [-0.3, -0.25) is 10.1 Å². The molecule has 0 aromatic heterocycles. The van der Waals surface area contributed by atoms with Crippen molar-refractivity contribution in [2.75, 3.05) is 6.54 Å². The van der Waals surface area contributed by atoms with Gasteiger partial charge in [0.2, 0.25) is 5.91 Å². The van der Waals surface area contributed by atoms with Crippen molar-refractivity contribution in [3.05, 3.63) is 16.7 Å². The van der Waals surface area contributed by atoms with Gasteiger partial charge >= 0.3 is 0 Å². The number of nitrogens with one attached hydrogen (secondary N) is 1. The number of carbonyl (C=O) groups excluding carboxylic acids is 2. The SMILES string of the molecule is NC(=O)C1NCC(=CCl)C1=C=O. The first kappa shape index (κ1) is 9.00. The Morgan fingerprint density at radius 1 is 1.83 bits per heavy atom. The molecule has 4 nitrogen and oxygen atoms in total. The van der Waals surface area contributed by atoms with Crippen LogP contribution < -0.4 is 11.1 Å². The highest BCUT2D eigenvalue weighted by Gasteiger charge is 2.30. The maximum absolute atomic E-state index is 10.7. The number of hydrogen-bond acceptors (Lipinski definition) is 3. The highest BCUT2D eigenvalue weighted by molar-refractivity contribution is 6.26. The molecule has 64 valence electrons. The minimum atomic E-state index is -0.743. The predicted octanol–water partition coefficient (Wildman–Crippen LogP) is -0.676. The van der Waals surface area contributed by atoms with E-state index in [1.54, 1.807) is 5.94 Å². The third kappa shape index (κ3) is 1.41. The van der Waals surface area contributed by atoms with Crippen LogP contribution in [0.2, 0.25) is 0 Å². The summed E-state index contributed by atoms with van der Waals surface area (Å²) in [6.07, 6.45) is 0. The molecule has 0 saturated carbocycles. The molecule has 1 aliphatic rings. The van der Waals surface area contributed by atoms with E-state index in [2.05, 4.69) is 5.32 Å². The van der Waals surface area contributed by atoms with Gasteiger partial charge in [-0.2, -0.15) is 0 Å². The second-order valence-electron chi connectivity index (χ2n) is 2.37. The van der Waals surface area contributed by atoms with E-state index in [1.807, 2.05) is 0 Å². The Balaban J connectivity index is 3.00. The average Bonchev–Trinajstić information content (AvgIpc) is 2.46. The van der Waals surface area contributed by atoms with Crippen LogP contribution >= 0.6 is 11.6 Å². The molecular weight excluding hydrogens is 180 g/mol. The third-order valence-electron chi connectivity index (χ3n) is 1.66. The summed E-state index contributed by atoms with van der Waals surface area (Å²) in [5, 5.41) is 2.73. The largest absolute Gasteiger partial charge is 0.368 e. The summed E-state index contributed by atoms with van der Waals surface area (Å²) in [5.41, 5.74) is 7.03. The average molecular weight is 187 g/mol. The molecule has 1 aliphatic heterocycles. The summed E-state index contributed by atoms with van der Waals surface area (Å²) >= 11 is 5.40. The van der Waals surface area contributed by atoms with Gasteiger partial charge in [0.15, 0.2) is 0 Å². The first-order valence-electron chi connectivity index (χ1n) is 3.28. The van der Waals surface area contributed by atoms with Crippen LogP contribution in [-0.2, 0) is 9.59 Å². The maximum atomic E-state index is 10.7. The quantitative estimate of drug-likeness (QED) is 0.534. The van der Waals surface area contributed by atoms with Crippen LogP contribution in [0.25, 0.3) is 0 Å². The Labute approximate surface area is 74.1 Å². The summed E-state index contributed by atoms with van der Waals surface area (Å²) in [5.74, 6) is 1.05. The number of hydrogen-bond donors (Lipinski definition) is 2. The number of nitrogens with two attached hydrogens (primary N) is 1. The van der Waals surface area contributed by atoms with Crippen molar-refractivity contribution in [1.82, 2.24) is 5.32 Å². The van der Waals surface area contributed by atoms with Gasteiger partial charge in [-0.05, 0) is 5.57 Å². The molecular formula is C7H7ClN2O2.